The van der Waals surface area contributed by atoms with E-state index in [1.165, 1.54) is 22.5 Å². The maximum absolute atomic E-state index is 12.9. The molecule has 0 bridgehead atoms. The number of benzene rings is 2. The molecule has 0 aromatic heterocycles. The van der Waals surface area contributed by atoms with E-state index in [-0.39, 0.29) is 22.6 Å². The molecule has 0 unspecified atom stereocenters. The van der Waals surface area contributed by atoms with Crippen LogP contribution in [0.1, 0.15) is 32.1 Å². The number of nitrogens with one attached hydrogen (secondary N) is 1. The van der Waals surface area contributed by atoms with Crippen molar-refractivity contribution in [1.82, 2.24) is 4.31 Å². The third-order valence-corrected chi connectivity index (χ3v) is 8.23. The maximum atomic E-state index is 12.9. The van der Waals surface area contributed by atoms with Gasteiger partial charge in [0.2, 0.25) is 15.9 Å². The molecule has 2 aromatic carbocycles. The highest BCUT2D eigenvalue weighted by Crippen LogP contribution is 2.27. The minimum Gasteiger partial charge on any atom is -0.497 e. The number of nitrogens with zero attached hydrogens (tertiary/aromatic N) is 1. The van der Waals surface area contributed by atoms with Crippen LogP contribution in [0, 0.1) is 0 Å². The average molecular weight is 449 g/mol. The molecule has 0 aliphatic heterocycles. The smallest absolute Gasteiger partial charge is 0.243 e. The molecule has 2 aromatic rings. The molecule has 1 fully saturated rings. The van der Waals surface area contributed by atoms with Crippen LogP contribution in [0.4, 0.5) is 5.69 Å². The SMILES string of the molecule is COc1cccc(SCC(=O)Nc2ccc(S(=O)(=O)N(C)C3CCCCC3)cc2)c1. The van der Waals surface area contributed by atoms with Crippen molar-refractivity contribution in [1.29, 1.82) is 0 Å². The van der Waals surface area contributed by atoms with Crippen LogP contribution in [0.3, 0.4) is 0 Å². The van der Waals surface area contributed by atoms with E-state index < -0.39 is 10.0 Å². The van der Waals surface area contributed by atoms with Gasteiger partial charge in [-0.05, 0) is 55.3 Å². The number of hydrogen-bond donors (Lipinski definition) is 1. The summed E-state index contributed by atoms with van der Waals surface area (Å²) in [5, 5.41) is 2.81. The van der Waals surface area contributed by atoms with Crippen molar-refractivity contribution in [2.24, 2.45) is 0 Å². The van der Waals surface area contributed by atoms with Crippen molar-refractivity contribution in [3.05, 3.63) is 48.5 Å². The molecule has 162 valence electrons. The lowest BCUT2D eigenvalue weighted by Gasteiger charge is -2.30. The van der Waals surface area contributed by atoms with E-state index in [1.54, 1.807) is 38.4 Å². The average Bonchev–Trinajstić information content (AvgIpc) is 2.78. The summed E-state index contributed by atoms with van der Waals surface area (Å²) in [6.07, 6.45) is 5.14. The highest BCUT2D eigenvalue weighted by Gasteiger charge is 2.28. The van der Waals surface area contributed by atoms with Crippen LogP contribution in [0.15, 0.2) is 58.3 Å². The van der Waals surface area contributed by atoms with Crippen LogP contribution < -0.4 is 10.1 Å². The Kier molecular flexibility index (Phi) is 7.80. The van der Waals surface area contributed by atoms with Gasteiger partial charge < -0.3 is 10.1 Å². The van der Waals surface area contributed by atoms with E-state index in [1.807, 2.05) is 24.3 Å². The van der Waals surface area contributed by atoms with Gasteiger partial charge in [-0.1, -0.05) is 25.3 Å². The molecule has 1 saturated carbocycles. The Balaban J connectivity index is 1.57. The van der Waals surface area contributed by atoms with Crippen LogP contribution in [-0.2, 0) is 14.8 Å². The van der Waals surface area contributed by atoms with Gasteiger partial charge in [0.05, 0.1) is 17.8 Å². The van der Waals surface area contributed by atoms with Gasteiger partial charge in [0, 0.05) is 23.7 Å². The zero-order chi connectivity index (χ0) is 21.6. The van der Waals surface area contributed by atoms with Crippen molar-refractivity contribution < 1.29 is 17.9 Å². The summed E-state index contributed by atoms with van der Waals surface area (Å²) in [5.74, 6) is 0.839. The largest absolute Gasteiger partial charge is 0.497 e. The molecule has 0 spiro atoms. The van der Waals surface area contributed by atoms with E-state index in [0.717, 1.165) is 36.3 Å². The van der Waals surface area contributed by atoms with Gasteiger partial charge >= 0.3 is 0 Å². The van der Waals surface area contributed by atoms with Gasteiger partial charge in [0.25, 0.3) is 0 Å². The first-order valence-corrected chi connectivity index (χ1v) is 12.5. The predicted molar refractivity (Wildman–Crippen MR) is 121 cm³/mol. The summed E-state index contributed by atoms with van der Waals surface area (Å²) in [5.41, 5.74) is 0.575. The van der Waals surface area contributed by atoms with Gasteiger partial charge in [-0.15, -0.1) is 11.8 Å². The number of carbonyl (C=O) groups is 1. The molecular formula is C22H28N2O4S2. The third-order valence-electron chi connectivity index (χ3n) is 5.32. The number of carbonyl (C=O) groups excluding carboxylic acids is 1. The van der Waals surface area contributed by atoms with Gasteiger partial charge in [0.15, 0.2) is 0 Å². The number of hydrogen-bond acceptors (Lipinski definition) is 5. The summed E-state index contributed by atoms with van der Waals surface area (Å²) < 4.78 is 32.5. The van der Waals surface area contributed by atoms with Crippen molar-refractivity contribution in [3.8, 4) is 5.75 Å². The summed E-state index contributed by atoms with van der Waals surface area (Å²) in [7, 11) is -0.264. The fourth-order valence-electron chi connectivity index (χ4n) is 3.55. The summed E-state index contributed by atoms with van der Waals surface area (Å²) >= 11 is 1.41. The van der Waals surface area contributed by atoms with Crippen LogP contribution >= 0.6 is 11.8 Å². The van der Waals surface area contributed by atoms with Crippen molar-refractivity contribution in [3.63, 3.8) is 0 Å². The lowest BCUT2D eigenvalue weighted by atomic mass is 9.96. The van der Waals surface area contributed by atoms with E-state index in [0.29, 0.717) is 5.69 Å². The fourth-order valence-corrected chi connectivity index (χ4v) is 5.71. The number of anilines is 1. The zero-order valence-corrected chi connectivity index (χ0v) is 19.0. The third kappa shape index (κ3) is 5.77. The predicted octanol–water partition coefficient (Wildman–Crippen LogP) is 4.38. The Morgan fingerprint density at radius 3 is 2.50 bits per heavy atom. The Labute approximate surface area is 183 Å². The normalized spacial score (nSPS) is 15.2. The lowest BCUT2D eigenvalue weighted by Crippen LogP contribution is -2.38. The molecule has 1 N–H and O–H groups in total. The highest BCUT2D eigenvalue weighted by molar-refractivity contribution is 8.00. The number of methoxy groups -OCH3 is 1. The topological polar surface area (TPSA) is 75.7 Å². The van der Waals surface area contributed by atoms with Crippen LogP contribution in [0.2, 0.25) is 0 Å². The number of amides is 1. The van der Waals surface area contributed by atoms with Gasteiger partial charge in [-0.2, -0.15) is 4.31 Å². The molecule has 1 amide bonds. The molecule has 6 nitrogen and oxygen atoms in total. The van der Waals surface area contributed by atoms with Gasteiger partial charge in [0.1, 0.15) is 5.75 Å². The molecule has 0 heterocycles. The number of rotatable bonds is 8. The highest BCUT2D eigenvalue weighted by atomic mass is 32.2. The molecule has 8 heteroatoms. The number of sulfonamides is 1. The first-order chi connectivity index (χ1) is 14.4. The molecule has 1 aliphatic carbocycles. The fraction of sp³-hybridized carbons (Fsp3) is 0.409. The maximum Gasteiger partial charge on any atom is 0.243 e. The Morgan fingerprint density at radius 2 is 1.83 bits per heavy atom. The van der Waals surface area contributed by atoms with Crippen LogP contribution in [0.25, 0.3) is 0 Å². The standard InChI is InChI=1S/C22H28N2O4S2/c1-24(18-7-4-3-5-8-18)30(26,27)21-13-11-17(12-14-21)23-22(25)16-29-20-10-6-9-19(15-20)28-2/h6,9-15,18H,3-5,7-8,16H2,1-2H3,(H,23,25). The molecular weight excluding hydrogens is 420 g/mol. The lowest BCUT2D eigenvalue weighted by molar-refractivity contribution is -0.113. The van der Waals surface area contributed by atoms with Crippen LogP contribution in [0.5, 0.6) is 5.75 Å². The summed E-state index contributed by atoms with van der Waals surface area (Å²) in [4.78, 5) is 13.4. The van der Waals surface area contributed by atoms with E-state index in [9.17, 15) is 13.2 Å². The molecule has 1 aliphatic rings. The van der Waals surface area contributed by atoms with Gasteiger partial charge in [-0.3, -0.25) is 4.79 Å². The van der Waals surface area contributed by atoms with Gasteiger partial charge in [-0.25, -0.2) is 8.42 Å². The summed E-state index contributed by atoms with van der Waals surface area (Å²) in [6.45, 7) is 0. The molecule has 30 heavy (non-hydrogen) atoms. The molecule has 0 radical (unpaired) electrons. The Morgan fingerprint density at radius 1 is 1.13 bits per heavy atom. The monoisotopic (exact) mass is 448 g/mol. The second kappa shape index (κ2) is 10.3. The Bertz CT molecular complexity index is 955. The van der Waals surface area contributed by atoms with Crippen molar-refractivity contribution in [2.45, 2.75) is 47.9 Å². The second-order valence-corrected chi connectivity index (χ2v) is 10.4. The molecule has 3 rings (SSSR count). The first kappa shape index (κ1) is 22.7. The quantitative estimate of drug-likeness (QED) is 0.607. The summed E-state index contributed by atoms with van der Waals surface area (Å²) in [6, 6.07) is 14.0. The first-order valence-electron chi connectivity index (χ1n) is 10.0. The minimum atomic E-state index is -3.53. The minimum absolute atomic E-state index is 0.0664. The van der Waals surface area contributed by atoms with Crippen molar-refractivity contribution in [2.75, 3.05) is 25.2 Å². The molecule has 0 saturated heterocycles. The van der Waals surface area contributed by atoms with E-state index >= 15 is 0 Å². The number of thioether (sulfide) groups is 1. The molecule has 0 atom stereocenters. The number of ether oxygens (including phenoxy) is 1. The van der Waals surface area contributed by atoms with E-state index in [2.05, 4.69) is 5.32 Å². The van der Waals surface area contributed by atoms with Crippen LogP contribution in [-0.4, -0.2) is 44.6 Å². The second-order valence-electron chi connectivity index (χ2n) is 7.35. The van der Waals surface area contributed by atoms with Crippen molar-refractivity contribution >= 4 is 33.4 Å². The zero-order valence-electron chi connectivity index (χ0n) is 17.3. The Hall–Kier alpha value is -2.03. The van der Waals surface area contributed by atoms with E-state index in [4.69, 9.17) is 4.74 Å².